The van der Waals surface area contributed by atoms with Crippen molar-refractivity contribution in [1.82, 2.24) is 10.2 Å². The fourth-order valence-corrected chi connectivity index (χ4v) is 1.71. The summed E-state index contributed by atoms with van der Waals surface area (Å²) in [7, 11) is 0. The molecule has 92 valence electrons. The number of furan rings is 1. The molecule has 1 aromatic heterocycles. The zero-order chi connectivity index (χ0) is 12.5. The minimum atomic E-state index is -0.791. The molecule has 0 bridgehead atoms. The van der Waals surface area contributed by atoms with E-state index in [2.05, 4.69) is 5.32 Å². The van der Waals surface area contributed by atoms with Crippen molar-refractivity contribution in [2.75, 3.05) is 19.6 Å². The molecule has 0 saturated carbocycles. The summed E-state index contributed by atoms with van der Waals surface area (Å²) in [6.07, 6.45) is 1.39. The molecule has 1 aromatic rings. The average molecular weight is 238 g/mol. The van der Waals surface area contributed by atoms with Gasteiger partial charge in [-0.15, -0.1) is 0 Å². The highest BCUT2D eigenvalue weighted by molar-refractivity contribution is 5.94. The Kier molecular flexibility index (Phi) is 2.89. The van der Waals surface area contributed by atoms with Gasteiger partial charge >= 0.3 is 0 Å². The molecule has 0 aliphatic carbocycles. The maximum atomic E-state index is 11.6. The number of nitrogens with zero attached hydrogens (tertiary/aromatic N) is 1. The second kappa shape index (κ2) is 4.21. The van der Waals surface area contributed by atoms with Gasteiger partial charge in [0.1, 0.15) is 0 Å². The molecule has 0 aromatic carbocycles. The predicted molar refractivity (Wildman–Crippen MR) is 58.2 cm³/mol. The van der Waals surface area contributed by atoms with Crippen molar-refractivity contribution in [3.63, 3.8) is 0 Å². The Morgan fingerprint density at radius 1 is 1.59 bits per heavy atom. The fourth-order valence-electron chi connectivity index (χ4n) is 1.71. The van der Waals surface area contributed by atoms with Gasteiger partial charge in [0.25, 0.3) is 5.91 Å². The van der Waals surface area contributed by atoms with Gasteiger partial charge in [0.05, 0.1) is 31.5 Å². The van der Waals surface area contributed by atoms with Gasteiger partial charge in [0.2, 0.25) is 5.91 Å². The van der Waals surface area contributed by atoms with Crippen LogP contribution in [0.5, 0.6) is 0 Å². The summed E-state index contributed by atoms with van der Waals surface area (Å²) in [6, 6.07) is 3.12. The molecule has 0 spiro atoms. The van der Waals surface area contributed by atoms with E-state index in [0.29, 0.717) is 13.1 Å². The molecule has 1 saturated heterocycles. The van der Waals surface area contributed by atoms with Crippen LogP contribution in [-0.4, -0.2) is 47.1 Å². The largest absolute Gasteiger partial charge is 0.459 e. The molecule has 2 N–H and O–H groups in total. The third kappa shape index (κ3) is 2.65. The molecule has 1 fully saturated rings. The summed E-state index contributed by atoms with van der Waals surface area (Å²) in [5.74, 6) is -0.458. The van der Waals surface area contributed by atoms with E-state index in [1.807, 2.05) is 0 Å². The van der Waals surface area contributed by atoms with Crippen LogP contribution in [0.4, 0.5) is 0 Å². The quantitative estimate of drug-likeness (QED) is 0.750. The van der Waals surface area contributed by atoms with E-state index < -0.39 is 11.5 Å². The van der Waals surface area contributed by atoms with Crippen LogP contribution >= 0.6 is 0 Å². The van der Waals surface area contributed by atoms with Crippen LogP contribution in [0.1, 0.15) is 17.5 Å². The van der Waals surface area contributed by atoms with E-state index in [1.165, 1.54) is 17.2 Å². The summed E-state index contributed by atoms with van der Waals surface area (Å²) in [5.41, 5.74) is -0.791. The summed E-state index contributed by atoms with van der Waals surface area (Å²) in [4.78, 5) is 24.5. The highest BCUT2D eigenvalue weighted by atomic mass is 16.3. The zero-order valence-electron chi connectivity index (χ0n) is 9.47. The molecule has 0 atom stereocenters. The Morgan fingerprint density at radius 2 is 2.29 bits per heavy atom. The Bertz CT molecular complexity index is 417. The van der Waals surface area contributed by atoms with E-state index >= 15 is 0 Å². The summed E-state index contributed by atoms with van der Waals surface area (Å²) in [5, 5.41) is 11.9. The Labute approximate surface area is 98.2 Å². The molecule has 0 unspecified atom stereocenters. The lowest BCUT2D eigenvalue weighted by Gasteiger charge is -2.44. The van der Waals surface area contributed by atoms with Crippen LogP contribution < -0.4 is 5.32 Å². The van der Waals surface area contributed by atoms with Crippen molar-refractivity contribution in [3.05, 3.63) is 24.2 Å². The number of aliphatic hydroxyl groups is 1. The van der Waals surface area contributed by atoms with Crippen LogP contribution in [0.25, 0.3) is 0 Å². The Hall–Kier alpha value is -1.82. The number of likely N-dealkylation sites (tertiary alicyclic amines) is 1. The number of nitrogens with one attached hydrogen (secondary N) is 1. The van der Waals surface area contributed by atoms with Gasteiger partial charge in [-0.05, 0) is 19.1 Å². The number of rotatable bonds is 3. The average Bonchev–Trinajstić information content (AvgIpc) is 2.75. The molecule has 6 nitrogen and oxygen atoms in total. The molecule has 0 radical (unpaired) electrons. The van der Waals surface area contributed by atoms with E-state index in [1.54, 1.807) is 13.0 Å². The van der Waals surface area contributed by atoms with Gasteiger partial charge in [0, 0.05) is 0 Å². The normalized spacial score (nSPS) is 17.4. The van der Waals surface area contributed by atoms with Crippen LogP contribution in [-0.2, 0) is 4.79 Å². The summed E-state index contributed by atoms with van der Waals surface area (Å²) in [6.45, 7) is 2.19. The van der Waals surface area contributed by atoms with Crippen molar-refractivity contribution < 1.29 is 19.1 Å². The lowest BCUT2D eigenvalue weighted by molar-refractivity contribution is -0.151. The van der Waals surface area contributed by atoms with E-state index in [-0.39, 0.29) is 18.2 Å². The van der Waals surface area contributed by atoms with Crippen LogP contribution in [0, 0.1) is 0 Å². The second-order valence-corrected chi connectivity index (χ2v) is 4.41. The molecular formula is C11H14N2O4. The number of hydrogen-bond acceptors (Lipinski definition) is 4. The fraction of sp³-hybridized carbons (Fsp3) is 0.455. The number of hydrogen-bond donors (Lipinski definition) is 2. The summed E-state index contributed by atoms with van der Waals surface area (Å²) >= 11 is 0. The van der Waals surface area contributed by atoms with E-state index in [0.717, 1.165) is 0 Å². The smallest absolute Gasteiger partial charge is 0.287 e. The first kappa shape index (κ1) is 11.7. The minimum absolute atomic E-state index is 0.0877. The lowest BCUT2D eigenvalue weighted by atomic mass is 9.97. The third-order valence-corrected chi connectivity index (χ3v) is 2.56. The lowest BCUT2D eigenvalue weighted by Crippen LogP contribution is -2.63. The topological polar surface area (TPSA) is 82.8 Å². The molecule has 2 rings (SSSR count). The second-order valence-electron chi connectivity index (χ2n) is 4.41. The molecule has 17 heavy (non-hydrogen) atoms. The minimum Gasteiger partial charge on any atom is -0.459 e. The number of β-amino-alcohol motifs (C(OH)–C–C–N with tert-alkyl or cyclic N) is 1. The van der Waals surface area contributed by atoms with Gasteiger partial charge < -0.3 is 19.7 Å². The maximum Gasteiger partial charge on any atom is 0.287 e. The van der Waals surface area contributed by atoms with Crippen LogP contribution in [0.3, 0.4) is 0 Å². The number of carbonyl (C=O) groups is 2. The predicted octanol–water partition coefficient (Wildman–Crippen LogP) is -0.397. The van der Waals surface area contributed by atoms with Gasteiger partial charge in [0.15, 0.2) is 5.76 Å². The van der Waals surface area contributed by atoms with Gasteiger partial charge in [-0.25, -0.2) is 0 Å². The molecule has 1 aliphatic rings. The van der Waals surface area contributed by atoms with Crippen LogP contribution in [0.15, 0.2) is 22.8 Å². The highest BCUT2D eigenvalue weighted by Gasteiger charge is 2.39. The molecule has 2 amide bonds. The number of carbonyl (C=O) groups excluding carboxylic acids is 2. The molecule has 1 aliphatic heterocycles. The maximum absolute atomic E-state index is 11.6. The van der Waals surface area contributed by atoms with Gasteiger partial charge in [-0.1, -0.05) is 0 Å². The van der Waals surface area contributed by atoms with Crippen molar-refractivity contribution in [1.29, 1.82) is 0 Å². The molecule has 2 heterocycles. The van der Waals surface area contributed by atoms with Gasteiger partial charge in [-0.2, -0.15) is 0 Å². The first-order valence-electron chi connectivity index (χ1n) is 5.30. The standard InChI is InChI=1S/C11H14N2O4/c1-11(16)6-13(7-11)9(14)5-12-10(15)8-3-2-4-17-8/h2-4,16H,5-7H2,1H3,(H,12,15). The van der Waals surface area contributed by atoms with Crippen molar-refractivity contribution in [2.24, 2.45) is 0 Å². The van der Waals surface area contributed by atoms with Gasteiger partial charge in [-0.3, -0.25) is 9.59 Å². The zero-order valence-corrected chi connectivity index (χ0v) is 9.47. The monoisotopic (exact) mass is 238 g/mol. The van der Waals surface area contributed by atoms with E-state index in [9.17, 15) is 14.7 Å². The SMILES string of the molecule is CC1(O)CN(C(=O)CNC(=O)c2ccco2)C1. The molecule has 6 heteroatoms. The Balaban J connectivity index is 1.76. The molecular weight excluding hydrogens is 224 g/mol. The highest BCUT2D eigenvalue weighted by Crippen LogP contribution is 2.19. The summed E-state index contributed by atoms with van der Waals surface area (Å²) < 4.78 is 4.88. The van der Waals surface area contributed by atoms with Crippen molar-refractivity contribution >= 4 is 11.8 Å². The van der Waals surface area contributed by atoms with Crippen molar-refractivity contribution in [2.45, 2.75) is 12.5 Å². The Morgan fingerprint density at radius 3 is 2.82 bits per heavy atom. The first-order valence-corrected chi connectivity index (χ1v) is 5.30. The van der Waals surface area contributed by atoms with Crippen LogP contribution in [0.2, 0.25) is 0 Å². The third-order valence-electron chi connectivity index (χ3n) is 2.56. The van der Waals surface area contributed by atoms with Crippen molar-refractivity contribution in [3.8, 4) is 0 Å². The first-order chi connectivity index (χ1) is 7.98. The number of amides is 2. The van der Waals surface area contributed by atoms with E-state index in [4.69, 9.17) is 4.42 Å².